The van der Waals surface area contributed by atoms with Gasteiger partial charge in [-0.1, -0.05) is 57.2 Å². The van der Waals surface area contributed by atoms with E-state index in [9.17, 15) is 0 Å². The minimum atomic E-state index is 0.0331. The largest absolute Gasteiger partial charge is 0.489 e. The molecule has 0 amide bonds. The first-order chi connectivity index (χ1) is 9.52. The molecule has 102 valence electrons. The predicted octanol–water partition coefficient (Wildman–Crippen LogP) is 4.43. The summed E-state index contributed by atoms with van der Waals surface area (Å²) in [6, 6.07) is 17.8. The molecular formula is C18H19NO. The van der Waals surface area contributed by atoms with Gasteiger partial charge in [-0.2, -0.15) is 5.26 Å². The number of rotatable bonds is 3. The predicted molar refractivity (Wildman–Crippen MR) is 80.6 cm³/mol. The Morgan fingerprint density at radius 3 is 2.35 bits per heavy atom. The van der Waals surface area contributed by atoms with Crippen LogP contribution in [0.5, 0.6) is 5.75 Å². The molecule has 0 aliphatic carbocycles. The molecule has 0 unspecified atom stereocenters. The number of nitrogens with zero attached hydrogens (tertiary/aromatic N) is 1. The maximum absolute atomic E-state index is 9.09. The average molecular weight is 265 g/mol. The molecule has 2 aromatic carbocycles. The second-order valence-corrected chi connectivity index (χ2v) is 5.80. The van der Waals surface area contributed by atoms with Crippen LogP contribution in [0.15, 0.2) is 48.5 Å². The van der Waals surface area contributed by atoms with Crippen LogP contribution in [0.3, 0.4) is 0 Å². The van der Waals surface area contributed by atoms with Crippen molar-refractivity contribution in [3.8, 4) is 11.8 Å². The number of benzene rings is 2. The number of ether oxygens (including phenoxy) is 1. The molecule has 0 atom stereocenters. The lowest BCUT2D eigenvalue weighted by Crippen LogP contribution is -2.13. The van der Waals surface area contributed by atoms with Crippen molar-refractivity contribution in [2.75, 3.05) is 0 Å². The van der Waals surface area contributed by atoms with Gasteiger partial charge in [-0.05, 0) is 23.1 Å². The quantitative estimate of drug-likeness (QED) is 0.822. The molecule has 2 heteroatoms. The van der Waals surface area contributed by atoms with Crippen LogP contribution in [-0.2, 0) is 12.0 Å². The molecule has 0 bridgehead atoms. The molecule has 0 aliphatic rings. The van der Waals surface area contributed by atoms with E-state index in [4.69, 9.17) is 10.00 Å². The number of para-hydroxylation sites is 1. The normalized spacial score (nSPS) is 10.9. The van der Waals surface area contributed by atoms with Crippen LogP contribution >= 0.6 is 0 Å². The molecule has 0 saturated heterocycles. The second kappa shape index (κ2) is 5.79. The Morgan fingerprint density at radius 1 is 1.00 bits per heavy atom. The summed E-state index contributed by atoms with van der Waals surface area (Å²) in [4.78, 5) is 0. The van der Waals surface area contributed by atoms with E-state index in [0.29, 0.717) is 12.2 Å². The van der Waals surface area contributed by atoms with Crippen LogP contribution in [0.4, 0.5) is 0 Å². The van der Waals surface area contributed by atoms with E-state index >= 15 is 0 Å². The summed E-state index contributed by atoms with van der Waals surface area (Å²) in [7, 11) is 0. The Morgan fingerprint density at radius 2 is 1.65 bits per heavy atom. The lowest BCUT2D eigenvalue weighted by atomic mass is 9.86. The zero-order valence-corrected chi connectivity index (χ0v) is 12.2. The van der Waals surface area contributed by atoms with E-state index in [-0.39, 0.29) is 5.41 Å². The summed E-state index contributed by atoms with van der Waals surface area (Å²) in [6.45, 7) is 6.91. The monoisotopic (exact) mass is 265 g/mol. The average Bonchev–Trinajstić information content (AvgIpc) is 2.44. The number of hydrogen-bond donors (Lipinski definition) is 0. The van der Waals surface area contributed by atoms with Gasteiger partial charge >= 0.3 is 0 Å². The van der Waals surface area contributed by atoms with Crippen molar-refractivity contribution in [2.45, 2.75) is 32.8 Å². The lowest BCUT2D eigenvalue weighted by Gasteiger charge is -2.22. The molecule has 2 aromatic rings. The van der Waals surface area contributed by atoms with Crippen LogP contribution in [0.2, 0.25) is 0 Å². The summed E-state index contributed by atoms with van der Waals surface area (Å²) < 4.78 is 5.94. The molecule has 0 spiro atoms. The van der Waals surface area contributed by atoms with Crippen LogP contribution in [0, 0.1) is 11.3 Å². The van der Waals surface area contributed by atoms with Crippen molar-refractivity contribution in [3.63, 3.8) is 0 Å². The van der Waals surface area contributed by atoms with Gasteiger partial charge in [-0.25, -0.2) is 0 Å². The Kier molecular flexibility index (Phi) is 4.10. The van der Waals surface area contributed by atoms with Gasteiger partial charge in [0, 0.05) is 5.56 Å². The van der Waals surface area contributed by atoms with E-state index in [2.05, 4.69) is 32.9 Å². The summed E-state index contributed by atoms with van der Waals surface area (Å²) in [5, 5.41) is 9.09. The fourth-order valence-electron chi connectivity index (χ4n) is 2.12. The van der Waals surface area contributed by atoms with E-state index in [1.165, 1.54) is 5.56 Å². The van der Waals surface area contributed by atoms with Gasteiger partial charge in [0.2, 0.25) is 0 Å². The fourth-order valence-corrected chi connectivity index (χ4v) is 2.12. The van der Waals surface area contributed by atoms with Gasteiger partial charge in [-0.15, -0.1) is 0 Å². The minimum absolute atomic E-state index is 0.0331. The zero-order valence-electron chi connectivity index (χ0n) is 12.2. The highest BCUT2D eigenvalue weighted by molar-refractivity contribution is 5.40. The van der Waals surface area contributed by atoms with Gasteiger partial charge in [-0.3, -0.25) is 0 Å². The molecule has 0 heterocycles. The van der Waals surface area contributed by atoms with Crippen LogP contribution in [0.1, 0.15) is 37.5 Å². The van der Waals surface area contributed by atoms with E-state index < -0.39 is 0 Å². The first-order valence-corrected chi connectivity index (χ1v) is 6.72. The smallest absolute Gasteiger partial charge is 0.123 e. The molecule has 0 radical (unpaired) electrons. The first kappa shape index (κ1) is 14.1. The van der Waals surface area contributed by atoms with Crippen molar-refractivity contribution in [3.05, 3.63) is 65.2 Å². The van der Waals surface area contributed by atoms with Gasteiger partial charge in [0.1, 0.15) is 12.4 Å². The standard InChI is InChI=1S/C18H19NO/c1-18(2,3)16-10-6-7-11-17(16)20-13-15-9-5-4-8-14(15)12-19/h4-11H,13H2,1-3H3. The van der Waals surface area contributed by atoms with Crippen molar-refractivity contribution >= 4 is 0 Å². The van der Waals surface area contributed by atoms with Crippen molar-refractivity contribution in [1.29, 1.82) is 5.26 Å². The van der Waals surface area contributed by atoms with Crippen molar-refractivity contribution < 1.29 is 4.74 Å². The molecule has 0 fully saturated rings. The molecule has 0 N–H and O–H groups in total. The van der Waals surface area contributed by atoms with E-state index in [1.807, 2.05) is 42.5 Å². The van der Waals surface area contributed by atoms with Crippen molar-refractivity contribution in [1.82, 2.24) is 0 Å². The second-order valence-electron chi connectivity index (χ2n) is 5.80. The topological polar surface area (TPSA) is 33.0 Å². The Bertz CT molecular complexity index is 632. The Hall–Kier alpha value is -2.27. The SMILES string of the molecule is CC(C)(C)c1ccccc1OCc1ccccc1C#N. The van der Waals surface area contributed by atoms with E-state index in [0.717, 1.165) is 11.3 Å². The summed E-state index contributed by atoms with van der Waals surface area (Å²) >= 11 is 0. The van der Waals surface area contributed by atoms with E-state index in [1.54, 1.807) is 0 Å². The first-order valence-electron chi connectivity index (χ1n) is 6.72. The summed E-state index contributed by atoms with van der Waals surface area (Å²) in [6.07, 6.45) is 0. The highest BCUT2D eigenvalue weighted by Gasteiger charge is 2.18. The highest BCUT2D eigenvalue weighted by atomic mass is 16.5. The molecule has 0 saturated carbocycles. The van der Waals surface area contributed by atoms with Gasteiger partial charge in [0.15, 0.2) is 0 Å². The van der Waals surface area contributed by atoms with Crippen LogP contribution < -0.4 is 4.74 Å². The summed E-state index contributed by atoms with van der Waals surface area (Å²) in [5.41, 5.74) is 2.79. The highest BCUT2D eigenvalue weighted by Crippen LogP contribution is 2.31. The summed E-state index contributed by atoms with van der Waals surface area (Å²) in [5.74, 6) is 0.882. The number of hydrogen-bond acceptors (Lipinski definition) is 2. The van der Waals surface area contributed by atoms with Crippen LogP contribution in [0.25, 0.3) is 0 Å². The van der Waals surface area contributed by atoms with Gasteiger partial charge < -0.3 is 4.74 Å². The number of nitriles is 1. The Balaban J connectivity index is 2.22. The minimum Gasteiger partial charge on any atom is -0.489 e. The maximum Gasteiger partial charge on any atom is 0.123 e. The Labute approximate surface area is 120 Å². The molecule has 0 aromatic heterocycles. The molecular weight excluding hydrogens is 246 g/mol. The fraction of sp³-hybridized carbons (Fsp3) is 0.278. The van der Waals surface area contributed by atoms with Crippen LogP contribution in [-0.4, -0.2) is 0 Å². The zero-order chi connectivity index (χ0) is 14.6. The molecule has 2 rings (SSSR count). The van der Waals surface area contributed by atoms with Gasteiger partial charge in [0.25, 0.3) is 0 Å². The van der Waals surface area contributed by atoms with Crippen molar-refractivity contribution in [2.24, 2.45) is 0 Å². The lowest BCUT2D eigenvalue weighted by molar-refractivity contribution is 0.297. The maximum atomic E-state index is 9.09. The molecule has 20 heavy (non-hydrogen) atoms. The molecule has 0 aliphatic heterocycles. The molecule has 2 nitrogen and oxygen atoms in total. The third-order valence-electron chi connectivity index (χ3n) is 3.22. The van der Waals surface area contributed by atoms with Gasteiger partial charge in [0.05, 0.1) is 11.6 Å². The third kappa shape index (κ3) is 3.19. The third-order valence-corrected chi connectivity index (χ3v) is 3.22.